The second-order valence-corrected chi connectivity index (χ2v) is 5.92. The molecular formula is C9H21NO3S. The molecule has 0 aliphatic carbocycles. The molecule has 0 amide bonds. The summed E-state index contributed by atoms with van der Waals surface area (Å²) < 4.78 is 27.1. The Labute approximate surface area is 86.7 Å². The zero-order valence-corrected chi connectivity index (χ0v) is 9.85. The number of nitrogens with two attached hydrogens (primary N) is 1. The molecule has 0 saturated heterocycles. The first-order valence-corrected chi connectivity index (χ1v) is 6.79. The molecule has 0 aliphatic rings. The fourth-order valence-electron chi connectivity index (χ4n) is 1.17. The van der Waals surface area contributed by atoms with Gasteiger partial charge in [0.15, 0.2) is 0 Å². The van der Waals surface area contributed by atoms with Gasteiger partial charge < -0.3 is 10.5 Å². The minimum atomic E-state index is -2.80. The van der Waals surface area contributed by atoms with E-state index in [0.29, 0.717) is 13.0 Å². The van der Waals surface area contributed by atoms with E-state index in [-0.39, 0.29) is 17.5 Å². The highest BCUT2D eigenvalue weighted by atomic mass is 32.2. The predicted molar refractivity (Wildman–Crippen MR) is 58.0 cm³/mol. The molecule has 2 N–H and O–H groups in total. The van der Waals surface area contributed by atoms with Crippen LogP contribution >= 0.6 is 0 Å². The maximum Gasteiger partial charge on any atom is 0.150 e. The molecule has 0 bridgehead atoms. The van der Waals surface area contributed by atoms with Crippen LogP contribution in [0.3, 0.4) is 0 Å². The largest absolute Gasteiger partial charge is 0.383 e. The molecule has 0 rings (SSSR count). The summed E-state index contributed by atoms with van der Waals surface area (Å²) in [5.41, 5.74) is 5.69. The Balaban J connectivity index is 3.47. The van der Waals surface area contributed by atoms with E-state index in [9.17, 15) is 8.42 Å². The van der Waals surface area contributed by atoms with Crippen molar-refractivity contribution in [2.45, 2.75) is 32.2 Å². The Hall–Kier alpha value is -0.130. The molecule has 0 heterocycles. The third-order valence-electron chi connectivity index (χ3n) is 2.10. The summed E-state index contributed by atoms with van der Waals surface area (Å²) >= 11 is 0. The Morgan fingerprint density at radius 1 is 1.36 bits per heavy atom. The summed E-state index contributed by atoms with van der Waals surface area (Å²) in [4.78, 5) is 0. The standard InChI is InChI=1S/C9H21NO3S/c1-3-14(11,12)7-5-4-6-9(10)8-13-2/h9H,3-8,10H2,1-2H3. The van der Waals surface area contributed by atoms with Gasteiger partial charge in [0.25, 0.3) is 0 Å². The van der Waals surface area contributed by atoms with Crippen molar-refractivity contribution in [1.29, 1.82) is 0 Å². The normalized spacial score (nSPS) is 14.2. The van der Waals surface area contributed by atoms with Gasteiger partial charge in [0.2, 0.25) is 0 Å². The van der Waals surface area contributed by atoms with Crippen molar-refractivity contribution >= 4 is 9.84 Å². The van der Waals surface area contributed by atoms with Crippen molar-refractivity contribution in [1.82, 2.24) is 0 Å². The van der Waals surface area contributed by atoms with Gasteiger partial charge in [0, 0.05) is 18.9 Å². The summed E-state index contributed by atoms with van der Waals surface area (Å²) in [5, 5.41) is 0. The van der Waals surface area contributed by atoms with Gasteiger partial charge >= 0.3 is 0 Å². The Morgan fingerprint density at radius 3 is 2.50 bits per heavy atom. The number of rotatable bonds is 8. The molecule has 4 nitrogen and oxygen atoms in total. The fourth-order valence-corrected chi connectivity index (χ4v) is 2.10. The van der Waals surface area contributed by atoms with Gasteiger partial charge in [-0.05, 0) is 12.8 Å². The minimum absolute atomic E-state index is 0.0318. The molecule has 0 radical (unpaired) electrons. The van der Waals surface area contributed by atoms with E-state index in [0.717, 1.165) is 12.8 Å². The Bertz CT molecular complexity index is 226. The van der Waals surface area contributed by atoms with Gasteiger partial charge in [-0.1, -0.05) is 13.3 Å². The zero-order chi connectivity index (χ0) is 11.0. The molecule has 0 aromatic heterocycles. The van der Waals surface area contributed by atoms with Crippen molar-refractivity contribution in [3.8, 4) is 0 Å². The van der Waals surface area contributed by atoms with Crippen LogP contribution < -0.4 is 5.73 Å². The van der Waals surface area contributed by atoms with E-state index >= 15 is 0 Å². The molecule has 0 saturated carbocycles. The Morgan fingerprint density at radius 2 is 2.00 bits per heavy atom. The van der Waals surface area contributed by atoms with Crippen LogP contribution in [0.4, 0.5) is 0 Å². The van der Waals surface area contributed by atoms with E-state index in [2.05, 4.69) is 0 Å². The summed E-state index contributed by atoms with van der Waals surface area (Å²) in [6.45, 7) is 2.21. The van der Waals surface area contributed by atoms with Crippen LogP contribution in [-0.2, 0) is 14.6 Å². The summed E-state index contributed by atoms with van der Waals surface area (Å²) in [6.07, 6.45) is 2.38. The SMILES string of the molecule is CCS(=O)(=O)CCCCC(N)COC. The van der Waals surface area contributed by atoms with Crippen LogP contribution in [-0.4, -0.2) is 39.7 Å². The molecule has 0 aromatic rings. The van der Waals surface area contributed by atoms with Crippen LogP contribution in [0.15, 0.2) is 0 Å². The van der Waals surface area contributed by atoms with E-state index in [1.165, 1.54) is 0 Å². The molecule has 0 fully saturated rings. The van der Waals surface area contributed by atoms with Crippen LogP contribution in [0.5, 0.6) is 0 Å². The highest BCUT2D eigenvalue weighted by Crippen LogP contribution is 2.02. The van der Waals surface area contributed by atoms with Crippen LogP contribution in [0, 0.1) is 0 Å². The van der Waals surface area contributed by atoms with E-state index < -0.39 is 9.84 Å². The second-order valence-electron chi connectivity index (χ2n) is 3.45. The molecule has 0 spiro atoms. The van der Waals surface area contributed by atoms with Crippen LogP contribution in [0.1, 0.15) is 26.2 Å². The third-order valence-corrected chi connectivity index (χ3v) is 3.89. The summed E-state index contributed by atoms with van der Waals surface area (Å²) in [6, 6.07) is 0.0318. The quantitative estimate of drug-likeness (QED) is 0.611. The monoisotopic (exact) mass is 223 g/mol. The molecule has 1 unspecified atom stereocenters. The molecule has 0 aliphatic heterocycles. The number of methoxy groups -OCH3 is 1. The Kier molecular flexibility index (Phi) is 7.13. The zero-order valence-electron chi connectivity index (χ0n) is 9.03. The van der Waals surface area contributed by atoms with Gasteiger partial charge in [-0.3, -0.25) is 0 Å². The fraction of sp³-hybridized carbons (Fsp3) is 1.00. The highest BCUT2D eigenvalue weighted by Gasteiger charge is 2.07. The topological polar surface area (TPSA) is 69.4 Å². The minimum Gasteiger partial charge on any atom is -0.383 e. The maximum absolute atomic E-state index is 11.1. The lowest BCUT2D eigenvalue weighted by Gasteiger charge is -2.09. The van der Waals surface area contributed by atoms with E-state index in [1.807, 2.05) is 0 Å². The maximum atomic E-state index is 11.1. The summed E-state index contributed by atoms with van der Waals surface area (Å²) in [7, 11) is -1.19. The van der Waals surface area contributed by atoms with Gasteiger partial charge in [0.1, 0.15) is 9.84 Å². The first-order valence-electron chi connectivity index (χ1n) is 4.96. The molecule has 14 heavy (non-hydrogen) atoms. The summed E-state index contributed by atoms with van der Waals surface area (Å²) in [5.74, 6) is 0.514. The van der Waals surface area contributed by atoms with Gasteiger partial charge in [-0.15, -0.1) is 0 Å². The number of hydrogen-bond donors (Lipinski definition) is 1. The van der Waals surface area contributed by atoms with Crippen molar-refractivity contribution in [3.63, 3.8) is 0 Å². The third kappa shape index (κ3) is 7.29. The lowest BCUT2D eigenvalue weighted by Crippen LogP contribution is -2.25. The first-order chi connectivity index (χ1) is 6.52. The number of ether oxygens (including phenoxy) is 1. The van der Waals surface area contributed by atoms with Crippen molar-refractivity contribution in [3.05, 3.63) is 0 Å². The van der Waals surface area contributed by atoms with Gasteiger partial charge in [0.05, 0.1) is 12.4 Å². The molecule has 5 heteroatoms. The average molecular weight is 223 g/mol. The molecule has 86 valence electrons. The van der Waals surface area contributed by atoms with Gasteiger partial charge in [-0.2, -0.15) is 0 Å². The van der Waals surface area contributed by atoms with Crippen molar-refractivity contribution < 1.29 is 13.2 Å². The van der Waals surface area contributed by atoms with E-state index in [1.54, 1.807) is 14.0 Å². The predicted octanol–water partition coefficient (Wildman–Crippen LogP) is 0.565. The lowest BCUT2D eigenvalue weighted by molar-refractivity contribution is 0.176. The number of hydrogen-bond acceptors (Lipinski definition) is 4. The van der Waals surface area contributed by atoms with Crippen molar-refractivity contribution in [2.24, 2.45) is 5.73 Å². The smallest absolute Gasteiger partial charge is 0.150 e. The highest BCUT2D eigenvalue weighted by molar-refractivity contribution is 7.91. The molecule has 1 atom stereocenters. The molecule has 0 aromatic carbocycles. The second kappa shape index (κ2) is 7.20. The first kappa shape index (κ1) is 13.9. The molecular weight excluding hydrogens is 202 g/mol. The number of sulfone groups is 1. The van der Waals surface area contributed by atoms with Crippen LogP contribution in [0.25, 0.3) is 0 Å². The number of unbranched alkanes of at least 4 members (excludes halogenated alkanes) is 1. The van der Waals surface area contributed by atoms with Gasteiger partial charge in [-0.25, -0.2) is 8.42 Å². The van der Waals surface area contributed by atoms with Crippen LogP contribution in [0.2, 0.25) is 0 Å². The average Bonchev–Trinajstić information content (AvgIpc) is 2.13. The lowest BCUT2D eigenvalue weighted by atomic mass is 10.1. The van der Waals surface area contributed by atoms with Crippen molar-refractivity contribution in [2.75, 3.05) is 25.2 Å². The van der Waals surface area contributed by atoms with E-state index in [4.69, 9.17) is 10.5 Å².